The molecule has 2 heterocycles. The van der Waals surface area contributed by atoms with Gasteiger partial charge in [0.15, 0.2) is 11.5 Å². The summed E-state index contributed by atoms with van der Waals surface area (Å²) in [6, 6.07) is 7.77. The van der Waals surface area contributed by atoms with Crippen molar-refractivity contribution in [2.75, 3.05) is 40.1 Å². The zero-order chi connectivity index (χ0) is 21.5. The van der Waals surface area contributed by atoms with Crippen molar-refractivity contribution in [3.05, 3.63) is 46.5 Å². The predicted octanol–water partition coefficient (Wildman–Crippen LogP) is 2.86. The zero-order valence-corrected chi connectivity index (χ0v) is 18.7. The fourth-order valence-corrected chi connectivity index (χ4v) is 6.09. The van der Waals surface area contributed by atoms with Gasteiger partial charge in [-0.15, -0.1) is 0 Å². The second-order valence-electron chi connectivity index (χ2n) is 7.84. The van der Waals surface area contributed by atoms with Crippen molar-refractivity contribution < 1.29 is 22.6 Å². The molecule has 30 heavy (non-hydrogen) atoms. The first-order valence-electron chi connectivity index (χ1n) is 10.1. The predicted molar refractivity (Wildman–Crippen MR) is 114 cm³/mol. The van der Waals surface area contributed by atoms with Crippen LogP contribution in [0.1, 0.15) is 22.3 Å². The Balaban J connectivity index is 1.47. The molecule has 7 nitrogen and oxygen atoms in total. The van der Waals surface area contributed by atoms with Crippen molar-refractivity contribution in [2.45, 2.75) is 32.2 Å². The third-order valence-electron chi connectivity index (χ3n) is 5.97. The van der Waals surface area contributed by atoms with Gasteiger partial charge in [-0.1, -0.05) is 6.07 Å². The molecule has 4 rings (SSSR count). The smallest absolute Gasteiger partial charge is 0.243 e. The number of sulfonamides is 1. The SMILES string of the molecule is COc1cc(C)c(S(=O)(=O)N2CCN(Cc3ccc4c(c3)OCO4)CC2)c(C)c1C. The Labute approximate surface area is 178 Å². The van der Waals surface area contributed by atoms with E-state index >= 15 is 0 Å². The van der Waals surface area contributed by atoms with Gasteiger partial charge in [0.2, 0.25) is 16.8 Å². The first-order valence-corrected chi connectivity index (χ1v) is 11.5. The summed E-state index contributed by atoms with van der Waals surface area (Å²) < 4.78 is 44.6. The van der Waals surface area contributed by atoms with Crippen molar-refractivity contribution in [3.8, 4) is 17.2 Å². The van der Waals surface area contributed by atoms with E-state index in [1.54, 1.807) is 11.4 Å². The Kier molecular flexibility index (Phi) is 5.65. The van der Waals surface area contributed by atoms with E-state index in [9.17, 15) is 8.42 Å². The van der Waals surface area contributed by atoms with Gasteiger partial charge in [-0.2, -0.15) is 4.31 Å². The Morgan fingerprint density at radius 3 is 2.37 bits per heavy atom. The molecule has 0 bridgehead atoms. The Hall–Kier alpha value is -2.29. The first kappa shape index (κ1) is 21.0. The van der Waals surface area contributed by atoms with Gasteiger partial charge in [0.1, 0.15) is 5.75 Å². The average Bonchev–Trinajstić information content (AvgIpc) is 3.19. The Morgan fingerprint density at radius 1 is 0.967 bits per heavy atom. The highest BCUT2D eigenvalue weighted by molar-refractivity contribution is 7.89. The van der Waals surface area contributed by atoms with Crippen LogP contribution >= 0.6 is 0 Å². The molecule has 162 valence electrons. The molecule has 0 atom stereocenters. The first-order chi connectivity index (χ1) is 14.3. The van der Waals surface area contributed by atoms with Gasteiger partial charge >= 0.3 is 0 Å². The molecule has 0 aliphatic carbocycles. The van der Waals surface area contributed by atoms with E-state index in [0.717, 1.165) is 46.0 Å². The normalized spacial score (nSPS) is 17.3. The second kappa shape index (κ2) is 8.09. The molecule has 0 N–H and O–H groups in total. The third kappa shape index (κ3) is 3.75. The van der Waals surface area contributed by atoms with E-state index in [-0.39, 0.29) is 6.79 Å². The van der Waals surface area contributed by atoms with Gasteiger partial charge in [-0.3, -0.25) is 4.90 Å². The summed E-state index contributed by atoms with van der Waals surface area (Å²) in [7, 11) is -1.95. The van der Waals surface area contributed by atoms with Crippen molar-refractivity contribution in [1.82, 2.24) is 9.21 Å². The van der Waals surface area contributed by atoms with Gasteiger partial charge < -0.3 is 14.2 Å². The monoisotopic (exact) mass is 432 g/mol. The van der Waals surface area contributed by atoms with Crippen LogP contribution in [0.2, 0.25) is 0 Å². The Bertz CT molecular complexity index is 1060. The van der Waals surface area contributed by atoms with Crippen molar-refractivity contribution in [2.24, 2.45) is 0 Å². The molecule has 0 aromatic heterocycles. The molecule has 0 radical (unpaired) electrons. The molecule has 1 saturated heterocycles. The number of aryl methyl sites for hydroxylation is 1. The number of rotatable bonds is 5. The molecule has 2 aromatic carbocycles. The number of benzene rings is 2. The lowest BCUT2D eigenvalue weighted by Gasteiger charge is -2.34. The second-order valence-corrected chi connectivity index (χ2v) is 9.72. The maximum atomic E-state index is 13.4. The molecule has 8 heteroatoms. The van der Waals surface area contributed by atoms with E-state index in [2.05, 4.69) is 4.90 Å². The van der Waals surface area contributed by atoms with E-state index < -0.39 is 10.0 Å². The highest BCUT2D eigenvalue weighted by Crippen LogP contribution is 2.34. The summed E-state index contributed by atoms with van der Waals surface area (Å²) in [4.78, 5) is 2.67. The molecule has 2 aromatic rings. The molecule has 2 aliphatic heterocycles. The van der Waals surface area contributed by atoms with Crippen molar-refractivity contribution in [3.63, 3.8) is 0 Å². The summed E-state index contributed by atoms with van der Waals surface area (Å²) >= 11 is 0. The summed E-state index contributed by atoms with van der Waals surface area (Å²) in [5.41, 5.74) is 3.48. The van der Waals surface area contributed by atoms with E-state index in [1.165, 1.54) is 0 Å². The summed E-state index contributed by atoms with van der Waals surface area (Å²) in [5, 5.41) is 0. The number of hydrogen-bond donors (Lipinski definition) is 0. The number of nitrogens with zero attached hydrogens (tertiary/aromatic N) is 2. The molecule has 0 amide bonds. The highest BCUT2D eigenvalue weighted by atomic mass is 32.2. The summed E-state index contributed by atoms with van der Waals surface area (Å²) in [6.07, 6.45) is 0. The van der Waals surface area contributed by atoms with Crippen LogP contribution in [-0.2, 0) is 16.6 Å². The fraction of sp³-hybridized carbons (Fsp3) is 0.455. The van der Waals surface area contributed by atoms with Gasteiger partial charge in [0.25, 0.3) is 0 Å². The van der Waals surface area contributed by atoms with Crippen LogP contribution in [0.15, 0.2) is 29.2 Å². The summed E-state index contributed by atoms with van der Waals surface area (Å²) in [6.45, 7) is 8.90. The minimum Gasteiger partial charge on any atom is -0.496 e. The molecule has 0 saturated carbocycles. The van der Waals surface area contributed by atoms with Gasteiger partial charge in [0, 0.05) is 32.7 Å². The van der Waals surface area contributed by atoms with Crippen LogP contribution in [0.3, 0.4) is 0 Å². The van der Waals surface area contributed by atoms with Crippen LogP contribution in [0.25, 0.3) is 0 Å². The molecule has 2 aliphatic rings. The third-order valence-corrected chi connectivity index (χ3v) is 8.16. The lowest BCUT2D eigenvalue weighted by atomic mass is 10.1. The minimum atomic E-state index is -3.56. The fourth-order valence-electron chi connectivity index (χ4n) is 4.18. The zero-order valence-electron chi connectivity index (χ0n) is 17.9. The lowest BCUT2D eigenvalue weighted by molar-refractivity contribution is 0.173. The van der Waals surface area contributed by atoms with Crippen LogP contribution in [0, 0.1) is 20.8 Å². The van der Waals surface area contributed by atoms with E-state index in [0.29, 0.717) is 31.1 Å². The maximum Gasteiger partial charge on any atom is 0.243 e. The number of piperazine rings is 1. The van der Waals surface area contributed by atoms with Crippen molar-refractivity contribution >= 4 is 10.0 Å². The van der Waals surface area contributed by atoms with Crippen LogP contribution in [-0.4, -0.2) is 57.7 Å². The number of hydrogen-bond acceptors (Lipinski definition) is 6. The van der Waals surface area contributed by atoms with Crippen LogP contribution in [0.4, 0.5) is 0 Å². The highest BCUT2D eigenvalue weighted by Gasteiger charge is 2.32. The Morgan fingerprint density at radius 2 is 1.67 bits per heavy atom. The molecular formula is C22H28N2O5S. The summed E-state index contributed by atoms with van der Waals surface area (Å²) in [5.74, 6) is 2.27. The molecular weight excluding hydrogens is 404 g/mol. The standard InChI is InChI=1S/C22H28N2O5S/c1-15-11-20(27-4)16(2)17(3)22(15)30(25,26)24-9-7-23(8-10-24)13-18-5-6-19-21(12-18)29-14-28-19/h5-6,11-12H,7-10,13-14H2,1-4H3. The molecule has 0 spiro atoms. The minimum absolute atomic E-state index is 0.263. The topological polar surface area (TPSA) is 68.3 Å². The van der Waals surface area contributed by atoms with E-state index in [4.69, 9.17) is 14.2 Å². The van der Waals surface area contributed by atoms with Crippen LogP contribution < -0.4 is 14.2 Å². The van der Waals surface area contributed by atoms with Gasteiger partial charge in [-0.25, -0.2) is 8.42 Å². The van der Waals surface area contributed by atoms with Gasteiger partial charge in [0.05, 0.1) is 12.0 Å². The van der Waals surface area contributed by atoms with Crippen molar-refractivity contribution in [1.29, 1.82) is 0 Å². The largest absolute Gasteiger partial charge is 0.496 e. The maximum absolute atomic E-state index is 13.4. The number of ether oxygens (including phenoxy) is 3. The quantitative estimate of drug-likeness (QED) is 0.724. The lowest BCUT2D eigenvalue weighted by Crippen LogP contribution is -2.48. The molecule has 1 fully saturated rings. The average molecular weight is 433 g/mol. The van der Waals surface area contributed by atoms with Gasteiger partial charge in [-0.05, 0) is 61.2 Å². The van der Waals surface area contributed by atoms with Crippen LogP contribution in [0.5, 0.6) is 17.2 Å². The molecule has 0 unspecified atom stereocenters. The van der Waals surface area contributed by atoms with E-state index in [1.807, 2.05) is 45.0 Å². The number of methoxy groups -OCH3 is 1. The number of fused-ring (bicyclic) bond motifs is 1.